The second-order valence-electron chi connectivity index (χ2n) is 7.56. The molecule has 0 radical (unpaired) electrons. The van der Waals surface area contributed by atoms with E-state index in [1.165, 1.54) is 48.7 Å². The first-order chi connectivity index (χ1) is 17.9. The number of esters is 2. The smallest absolute Gasteiger partial charge is 0.343 e. The van der Waals surface area contributed by atoms with E-state index >= 15 is 0 Å². The molecule has 0 unspecified atom stereocenters. The molecular weight excluding hydrogens is 515 g/mol. The minimum absolute atomic E-state index is 0.0547. The van der Waals surface area contributed by atoms with Gasteiger partial charge in [-0.05, 0) is 72.8 Å². The van der Waals surface area contributed by atoms with Gasteiger partial charge in [0.15, 0.2) is 0 Å². The Morgan fingerprint density at radius 2 is 1.24 bits per heavy atom. The van der Waals surface area contributed by atoms with Crippen molar-refractivity contribution in [3.05, 3.63) is 129 Å². The van der Waals surface area contributed by atoms with Gasteiger partial charge in [-0.15, -0.1) is 0 Å². The zero-order chi connectivity index (χ0) is 26.2. The van der Waals surface area contributed by atoms with Gasteiger partial charge in [0.05, 0.1) is 17.3 Å². The molecule has 0 atom stereocenters. The van der Waals surface area contributed by atoms with Gasteiger partial charge in [-0.25, -0.2) is 15.0 Å². The summed E-state index contributed by atoms with van der Waals surface area (Å²) >= 11 is 11.8. The number of nitrogens with one attached hydrogen (secondary N) is 1. The van der Waals surface area contributed by atoms with Gasteiger partial charge in [0, 0.05) is 27.2 Å². The van der Waals surface area contributed by atoms with E-state index in [2.05, 4.69) is 10.5 Å². The van der Waals surface area contributed by atoms with E-state index in [0.29, 0.717) is 26.7 Å². The number of carbonyl (C=O) groups is 3. The number of carbonyl (C=O) groups excluding carboxylic acids is 3. The van der Waals surface area contributed by atoms with Crippen LogP contribution in [0.4, 0.5) is 0 Å². The van der Waals surface area contributed by atoms with Gasteiger partial charge in [-0.2, -0.15) is 5.10 Å². The monoisotopic (exact) mass is 532 g/mol. The maximum absolute atomic E-state index is 12.7. The third-order valence-corrected chi connectivity index (χ3v) is 5.47. The molecule has 4 aromatic rings. The van der Waals surface area contributed by atoms with Gasteiger partial charge in [-0.1, -0.05) is 41.4 Å². The summed E-state index contributed by atoms with van der Waals surface area (Å²) < 4.78 is 11.0. The molecule has 1 amide bonds. The molecule has 0 saturated heterocycles. The lowest BCUT2D eigenvalue weighted by molar-refractivity contribution is 0.0732. The predicted molar refractivity (Wildman–Crippen MR) is 141 cm³/mol. The zero-order valence-electron chi connectivity index (χ0n) is 19.1. The summed E-state index contributed by atoms with van der Waals surface area (Å²) in [6.07, 6.45) is 1.32. The second kappa shape index (κ2) is 12.0. The van der Waals surface area contributed by atoms with Crippen molar-refractivity contribution in [3.8, 4) is 11.5 Å². The number of amides is 1. The van der Waals surface area contributed by atoms with E-state index in [1.54, 1.807) is 54.6 Å². The van der Waals surface area contributed by atoms with Gasteiger partial charge >= 0.3 is 11.9 Å². The van der Waals surface area contributed by atoms with Crippen molar-refractivity contribution in [2.24, 2.45) is 5.10 Å². The molecule has 0 fully saturated rings. The molecule has 0 heterocycles. The Morgan fingerprint density at radius 3 is 1.84 bits per heavy atom. The Kier molecular flexibility index (Phi) is 8.30. The minimum Gasteiger partial charge on any atom is -0.423 e. The fourth-order valence-electron chi connectivity index (χ4n) is 3.08. The topological polar surface area (TPSA) is 94.1 Å². The lowest BCUT2D eigenvalue weighted by atomic mass is 10.2. The number of halogens is 2. The standard InChI is InChI=1S/C28H18Cl2N2O5/c29-22-11-6-19(7-12-22)27(34)36-24-15-10-21(17-31-32-26(33)18-4-2-1-3-5-18)25(16-24)37-28(35)20-8-13-23(30)14-9-20/h1-17H,(H,32,33). The fraction of sp³-hybridized carbons (Fsp3) is 0. The van der Waals surface area contributed by atoms with Gasteiger partial charge in [-0.3, -0.25) is 4.79 Å². The molecule has 0 aliphatic heterocycles. The average Bonchev–Trinajstić information content (AvgIpc) is 2.91. The van der Waals surface area contributed by atoms with E-state index in [-0.39, 0.29) is 17.1 Å². The van der Waals surface area contributed by atoms with Gasteiger partial charge < -0.3 is 9.47 Å². The molecule has 7 nitrogen and oxygen atoms in total. The van der Waals surface area contributed by atoms with Crippen molar-refractivity contribution in [2.45, 2.75) is 0 Å². The number of hydrogen-bond donors (Lipinski definition) is 1. The number of hydrazone groups is 1. The van der Waals surface area contributed by atoms with Gasteiger partial charge in [0.1, 0.15) is 11.5 Å². The molecule has 4 aromatic carbocycles. The summed E-state index contributed by atoms with van der Waals surface area (Å²) in [5.74, 6) is -1.52. The largest absolute Gasteiger partial charge is 0.423 e. The second-order valence-corrected chi connectivity index (χ2v) is 8.43. The number of nitrogens with zero attached hydrogens (tertiary/aromatic N) is 1. The maximum Gasteiger partial charge on any atom is 0.343 e. The third kappa shape index (κ3) is 7.04. The summed E-state index contributed by atoms with van der Waals surface area (Å²) in [6.45, 7) is 0. The van der Waals surface area contributed by atoms with Crippen molar-refractivity contribution in [1.29, 1.82) is 0 Å². The minimum atomic E-state index is -0.666. The Labute approximate surface area is 222 Å². The highest BCUT2D eigenvalue weighted by atomic mass is 35.5. The van der Waals surface area contributed by atoms with Crippen LogP contribution in [-0.2, 0) is 0 Å². The Bertz CT molecular complexity index is 1450. The first-order valence-corrected chi connectivity index (χ1v) is 11.6. The van der Waals surface area contributed by atoms with Crippen LogP contribution in [0.1, 0.15) is 36.6 Å². The lowest BCUT2D eigenvalue weighted by Gasteiger charge is -2.11. The maximum atomic E-state index is 12.7. The van der Waals surface area contributed by atoms with Crippen LogP contribution < -0.4 is 14.9 Å². The summed E-state index contributed by atoms with van der Waals surface area (Å²) in [5, 5.41) is 4.91. The van der Waals surface area contributed by atoms with Crippen LogP contribution in [0.2, 0.25) is 10.0 Å². The normalized spacial score (nSPS) is 10.6. The Hall–Kier alpha value is -4.46. The van der Waals surface area contributed by atoms with Crippen LogP contribution in [0, 0.1) is 0 Å². The summed E-state index contributed by atoms with van der Waals surface area (Å²) in [6, 6.07) is 25.3. The highest BCUT2D eigenvalue weighted by Gasteiger charge is 2.15. The molecule has 37 heavy (non-hydrogen) atoms. The Balaban J connectivity index is 1.56. The number of hydrogen-bond acceptors (Lipinski definition) is 6. The summed E-state index contributed by atoms with van der Waals surface area (Å²) in [4.78, 5) is 37.5. The van der Waals surface area contributed by atoms with Crippen LogP contribution in [0.25, 0.3) is 0 Å². The number of benzene rings is 4. The molecule has 0 aliphatic rings. The third-order valence-electron chi connectivity index (χ3n) is 4.96. The van der Waals surface area contributed by atoms with Crippen molar-refractivity contribution in [1.82, 2.24) is 5.43 Å². The first-order valence-electron chi connectivity index (χ1n) is 10.9. The molecule has 9 heteroatoms. The SMILES string of the molecule is O=C(NN=Cc1ccc(OC(=O)c2ccc(Cl)cc2)cc1OC(=O)c1ccc(Cl)cc1)c1ccccc1. The molecule has 4 rings (SSSR count). The van der Waals surface area contributed by atoms with Crippen molar-refractivity contribution >= 4 is 47.3 Å². The van der Waals surface area contributed by atoms with Crippen LogP contribution in [0.15, 0.2) is 102 Å². The first kappa shape index (κ1) is 25.6. The molecule has 0 bridgehead atoms. The molecular formula is C28H18Cl2N2O5. The Morgan fingerprint density at radius 1 is 0.676 bits per heavy atom. The van der Waals surface area contributed by atoms with Crippen LogP contribution >= 0.6 is 23.2 Å². The van der Waals surface area contributed by atoms with E-state index in [4.69, 9.17) is 32.7 Å². The molecule has 184 valence electrons. The van der Waals surface area contributed by atoms with Crippen LogP contribution in [0.5, 0.6) is 11.5 Å². The molecule has 0 aliphatic carbocycles. The quantitative estimate of drug-likeness (QED) is 0.132. The van der Waals surface area contributed by atoms with E-state index in [0.717, 1.165) is 0 Å². The molecule has 0 aromatic heterocycles. The van der Waals surface area contributed by atoms with E-state index in [1.807, 2.05) is 0 Å². The van der Waals surface area contributed by atoms with E-state index in [9.17, 15) is 14.4 Å². The number of rotatable bonds is 7. The van der Waals surface area contributed by atoms with Gasteiger partial charge in [0.25, 0.3) is 5.91 Å². The molecule has 1 N–H and O–H groups in total. The fourth-order valence-corrected chi connectivity index (χ4v) is 3.34. The molecule has 0 saturated carbocycles. The predicted octanol–water partition coefficient (Wildman–Crippen LogP) is 6.20. The zero-order valence-corrected chi connectivity index (χ0v) is 20.6. The van der Waals surface area contributed by atoms with Crippen LogP contribution in [0.3, 0.4) is 0 Å². The summed E-state index contributed by atoms with van der Waals surface area (Å²) in [5.41, 5.74) is 3.74. The van der Waals surface area contributed by atoms with E-state index < -0.39 is 17.8 Å². The summed E-state index contributed by atoms with van der Waals surface area (Å²) in [7, 11) is 0. The highest BCUT2D eigenvalue weighted by Crippen LogP contribution is 2.26. The van der Waals surface area contributed by atoms with Crippen molar-refractivity contribution in [3.63, 3.8) is 0 Å². The molecule has 0 spiro atoms. The average molecular weight is 533 g/mol. The van der Waals surface area contributed by atoms with Crippen LogP contribution in [-0.4, -0.2) is 24.1 Å². The van der Waals surface area contributed by atoms with Crippen molar-refractivity contribution in [2.75, 3.05) is 0 Å². The highest BCUT2D eigenvalue weighted by molar-refractivity contribution is 6.31. The lowest BCUT2D eigenvalue weighted by Crippen LogP contribution is -2.17. The van der Waals surface area contributed by atoms with Crippen molar-refractivity contribution < 1.29 is 23.9 Å². The van der Waals surface area contributed by atoms with Gasteiger partial charge in [0.2, 0.25) is 0 Å². The number of ether oxygens (including phenoxy) is 2.